The van der Waals surface area contributed by atoms with E-state index in [2.05, 4.69) is 9.73 Å². The molecule has 1 rings (SSSR count). The summed E-state index contributed by atoms with van der Waals surface area (Å²) >= 11 is 0. The van der Waals surface area contributed by atoms with Crippen LogP contribution in [0.3, 0.4) is 0 Å². The zero-order valence-electron chi connectivity index (χ0n) is 11.9. The first-order valence-electron chi connectivity index (χ1n) is 6.36. The Bertz CT molecular complexity index is 551. The predicted octanol–water partition coefficient (Wildman–Crippen LogP) is 2.67. The van der Waals surface area contributed by atoms with Gasteiger partial charge in [0.2, 0.25) is 0 Å². The molecule has 0 amide bonds. The standard InChI is InChI=1S/C15H19FN2O2/c1-4-5-18-14(10(2)9-17)11-6-12(15(19)20-3)8-13(16)7-11/h6-9H,4-5,17H2,1-3H3. The highest BCUT2D eigenvalue weighted by molar-refractivity contribution is 6.13. The quantitative estimate of drug-likeness (QED) is 0.665. The number of hydrogen-bond donors (Lipinski definition) is 1. The van der Waals surface area contributed by atoms with Crippen LogP contribution >= 0.6 is 0 Å². The Morgan fingerprint density at radius 3 is 2.60 bits per heavy atom. The minimum absolute atomic E-state index is 0.150. The maximum absolute atomic E-state index is 13.7. The molecule has 0 unspecified atom stereocenters. The van der Waals surface area contributed by atoms with Crippen molar-refractivity contribution in [2.45, 2.75) is 20.3 Å². The van der Waals surface area contributed by atoms with Gasteiger partial charge in [0.05, 0.1) is 18.4 Å². The smallest absolute Gasteiger partial charge is 0.337 e. The van der Waals surface area contributed by atoms with E-state index >= 15 is 0 Å². The number of aliphatic imine (C=N–C) groups is 1. The van der Waals surface area contributed by atoms with Crippen molar-refractivity contribution in [1.82, 2.24) is 0 Å². The van der Waals surface area contributed by atoms with Crippen LogP contribution in [0.1, 0.15) is 36.2 Å². The molecule has 5 heteroatoms. The van der Waals surface area contributed by atoms with Crippen molar-refractivity contribution in [3.8, 4) is 0 Å². The van der Waals surface area contributed by atoms with E-state index in [0.717, 1.165) is 18.1 Å². The lowest BCUT2D eigenvalue weighted by Gasteiger charge is -2.09. The second-order valence-electron chi connectivity index (χ2n) is 4.30. The van der Waals surface area contributed by atoms with Gasteiger partial charge in [-0.2, -0.15) is 0 Å². The fourth-order valence-electron chi connectivity index (χ4n) is 1.71. The number of ether oxygens (including phenoxy) is 1. The van der Waals surface area contributed by atoms with Gasteiger partial charge in [-0.15, -0.1) is 0 Å². The van der Waals surface area contributed by atoms with Gasteiger partial charge in [0, 0.05) is 12.1 Å². The lowest BCUT2D eigenvalue weighted by molar-refractivity contribution is 0.0600. The van der Waals surface area contributed by atoms with Crippen LogP contribution in [-0.4, -0.2) is 25.3 Å². The highest BCUT2D eigenvalue weighted by Crippen LogP contribution is 2.15. The van der Waals surface area contributed by atoms with Crippen LogP contribution in [0.5, 0.6) is 0 Å². The zero-order chi connectivity index (χ0) is 15.1. The van der Waals surface area contributed by atoms with Crippen molar-refractivity contribution < 1.29 is 13.9 Å². The molecule has 2 N–H and O–H groups in total. The summed E-state index contributed by atoms with van der Waals surface area (Å²) in [5.41, 5.74) is 7.48. The summed E-state index contributed by atoms with van der Waals surface area (Å²) in [5.74, 6) is -1.10. The summed E-state index contributed by atoms with van der Waals surface area (Å²) in [6, 6.07) is 4.01. The Morgan fingerprint density at radius 2 is 2.05 bits per heavy atom. The van der Waals surface area contributed by atoms with Gasteiger partial charge in [0.25, 0.3) is 0 Å². The summed E-state index contributed by atoms with van der Waals surface area (Å²) in [6.07, 6.45) is 2.28. The molecule has 0 spiro atoms. The van der Waals surface area contributed by atoms with Crippen molar-refractivity contribution in [3.63, 3.8) is 0 Å². The van der Waals surface area contributed by atoms with Gasteiger partial charge in [0.1, 0.15) is 5.82 Å². The van der Waals surface area contributed by atoms with E-state index in [9.17, 15) is 9.18 Å². The van der Waals surface area contributed by atoms with Gasteiger partial charge in [-0.3, -0.25) is 4.99 Å². The van der Waals surface area contributed by atoms with E-state index in [1.165, 1.54) is 19.4 Å². The molecule has 108 valence electrons. The second-order valence-corrected chi connectivity index (χ2v) is 4.30. The number of carbonyl (C=O) groups excluding carboxylic acids is 1. The van der Waals surface area contributed by atoms with Crippen LogP contribution in [0.2, 0.25) is 0 Å². The van der Waals surface area contributed by atoms with Crippen molar-refractivity contribution in [2.24, 2.45) is 10.7 Å². The first-order chi connectivity index (χ1) is 9.53. The molecule has 0 heterocycles. The van der Waals surface area contributed by atoms with Crippen molar-refractivity contribution in [1.29, 1.82) is 0 Å². The molecule has 0 saturated carbocycles. The largest absolute Gasteiger partial charge is 0.465 e. The molecule has 0 radical (unpaired) electrons. The molecular weight excluding hydrogens is 259 g/mol. The van der Waals surface area contributed by atoms with E-state index < -0.39 is 11.8 Å². The number of carbonyl (C=O) groups is 1. The highest BCUT2D eigenvalue weighted by Gasteiger charge is 2.13. The maximum atomic E-state index is 13.7. The highest BCUT2D eigenvalue weighted by atomic mass is 19.1. The molecule has 1 aromatic carbocycles. The molecule has 0 aliphatic carbocycles. The maximum Gasteiger partial charge on any atom is 0.337 e. The molecule has 0 saturated heterocycles. The van der Waals surface area contributed by atoms with Crippen LogP contribution in [0.4, 0.5) is 4.39 Å². The summed E-state index contributed by atoms with van der Waals surface area (Å²) < 4.78 is 18.3. The molecule has 20 heavy (non-hydrogen) atoms. The minimum Gasteiger partial charge on any atom is -0.465 e. The van der Waals surface area contributed by atoms with Gasteiger partial charge in [-0.1, -0.05) is 6.92 Å². The van der Waals surface area contributed by atoms with Crippen LogP contribution in [0.15, 0.2) is 35.0 Å². The normalized spacial score (nSPS) is 12.4. The fraction of sp³-hybridized carbons (Fsp3) is 0.333. The fourth-order valence-corrected chi connectivity index (χ4v) is 1.71. The van der Waals surface area contributed by atoms with Crippen molar-refractivity contribution in [2.75, 3.05) is 13.7 Å². The number of nitrogens with two attached hydrogens (primary N) is 1. The van der Waals surface area contributed by atoms with E-state index in [4.69, 9.17) is 5.73 Å². The average molecular weight is 278 g/mol. The Morgan fingerprint density at radius 1 is 1.40 bits per heavy atom. The summed E-state index contributed by atoms with van der Waals surface area (Å²) in [5, 5.41) is 0. The molecule has 0 aliphatic rings. The molecule has 0 aliphatic heterocycles. The molecule has 1 aromatic rings. The summed E-state index contributed by atoms with van der Waals surface area (Å²) in [6.45, 7) is 4.38. The molecule has 0 bridgehead atoms. The number of esters is 1. The van der Waals surface area contributed by atoms with Crippen LogP contribution in [-0.2, 0) is 4.74 Å². The topological polar surface area (TPSA) is 64.7 Å². The second kappa shape index (κ2) is 7.43. The number of hydrogen-bond acceptors (Lipinski definition) is 4. The van der Waals surface area contributed by atoms with Crippen LogP contribution < -0.4 is 5.73 Å². The summed E-state index contributed by atoms with van der Waals surface area (Å²) in [4.78, 5) is 15.9. The van der Waals surface area contributed by atoms with Gasteiger partial charge >= 0.3 is 5.97 Å². The Kier molecular flexibility index (Phi) is 5.90. The number of rotatable bonds is 5. The van der Waals surface area contributed by atoms with Gasteiger partial charge in [-0.05, 0) is 43.3 Å². The zero-order valence-corrected chi connectivity index (χ0v) is 11.9. The Hall–Kier alpha value is -2.17. The lowest BCUT2D eigenvalue weighted by atomic mass is 10.0. The molecule has 0 atom stereocenters. The van der Waals surface area contributed by atoms with Crippen molar-refractivity contribution >= 4 is 11.7 Å². The van der Waals surface area contributed by atoms with Gasteiger partial charge in [0.15, 0.2) is 0 Å². The Labute approximate surface area is 118 Å². The Balaban J connectivity index is 3.33. The van der Waals surface area contributed by atoms with Crippen molar-refractivity contribution in [3.05, 3.63) is 46.9 Å². The predicted molar refractivity (Wildman–Crippen MR) is 77.4 cm³/mol. The average Bonchev–Trinajstić information content (AvgIpc) is 2.45. The summed E-state index contributed by atoms with van der Waals surface area (Å²) in [7, 11) is 1.25. The van der Waals surface area contributed by atoms with Crippen LogP contribution in [0.25, 0.3) is 0 Å². The van der Waals surface area contributed by atoms with E-state index in [-0.39, 0.29) is 5.56 Å². The van der Waals surface area contributed by atoms with Gasteiger partial charge in [-0.25, -0.2) is 9.18 Å². The molecular formula is C15H19FN2O2. The van der Waals surface area contributed by atoms with Crippen LogP contribution in [0, 0.1) is 5.82 Å². The van der Waals surface area contributed by atoms with E-state index in [1.807, 2.05) is 6.92 Å². The minimum atomic E-state index is -0.588. The van der Waals surface area contributed by atoms with Gasteiger partial charge < -0.3 is 10.5 Å². The third kappa shape index (κ3) is 3.91. The number of nitrogens with zero attached hydrogens (tertiary/aromatic N) is 1. The van der Waals surface area contributed by atoms with E-state index in [1.54, 1.807) is 13.0 Å². The molecule has 0 fully saturated rings. The number of benzene rings is 1. The number of allylic oxidation sites excluding steroid dienone is 1. The third-order valence-electron chi connectivity index (χ3n) is 2.71. The SMILES string of the molecule is CCCN=C(C(C)=CN)c1cc(F)cc(C(=O)OC)c1. The lowest BCUT2D eigenvalue weighted by Crippen LogP contribution is -2.09. The van der Waals surface area contributed by atoms with E-state index in [0.29, 0.717) is 17.8 Å². The monoisotopic (exact) mass is 278 g/mol. The number of methoxy groups -OCH3 is 1. The first-order valence-corrected chi connectivity index (χ1v) is 6.36. The molecule has 4 nitrogen and oxygen atoms in total. The third-order valence-corrected chi connectivity index (χ3v) is 2.71. The molecule has 0 aromatic heterocycles. The number of halogens is 1. The first kappa shape index (κ1) is 15.9.